The van der Waals surface area contributed by atoms with Crippen molar-refractivity contribution in [1.82, 2.24) is 20.4 Å². The van der Waals surface area contributed by atoms with Gasteiger partial charge < -0.3 is 15.5 Å². The first-order chi connectivity index (χ1) is 13.0. The minimum Gasteiger partial charge on any atom is -0.357 e. The molecule has 1 heterocycles. The summed E-state index contributed by atoms with van der Waals surface area (Å²) in [4.78, 5) is 20.6. The fourth-order valence-electron chi connectivity index (χ4n) is 3.30. The lowest BCUT2D eigenvalue weighted by Gasteiger charge is -2.33. The number of rotatable bonds is 7. The van der Waals surface area contributed by atoms with Gasteiger partial charge in [0.2, 0.25) is 5.91 Å². The van der Waals surface area contributed by atoms with Crippen LogP contribution in [0.4, 0.5) is 0 Å². The normalized spacial score (nSPS) is 16.2. The molecule has 0 saturated carbocycles. The number of piperidine rings is 1. The van der Waals surface area contributed by atoms with Crippen LogP contribution in [0.5, 0.6) is 0 Å². The zero-order chi connectivity index (χ0) is 19.6. The summed E-state index contributed by atoms with van der Waals surface area (Å²) in [7, 11) is 3.62. The number of nitrogens with one attached hydrogen (secondary N) is 2. The molecular weight excluding hydrogens is 338 g/mol. The number of likely N-dealkylation sites (N-methyl/N-ethyl adjacent to an activating group) is 1. The molecule has 1 amide bonds. The van der Waals surface area contributed by atoms with E-state index in [9.17, 15) is 4.79 Å². The molecule has 1 aromatic rings. The molecule has 27 heavy (non-hydrogen) atoms. The van der Waals surface area contributed by atoms with Crippen LogP contribution in [-0.2, 0) is 17.8 Å². The Morgan fingerprint density at radius 1 is 1.19 bits per heavy atom. The number of hydrogen-bond donors (Lipinski definition) is 2. The lowest BCUT2D eigenvalue weighted by molar-refractivity contribution is -0.130. The van der Waals surface area contributed by atoms with E-state index < -0.39 is 0 Å². The van der Waals surface area contributed by atoms with Gasteiger partial charge in [0.05, 0.1) is 13.1 Å². The Morgan fingerprint density at radius 3 is 2.44 bits per heavy atom. The van der Waals surface area contributed by atoms with Crippen LogP contribution in [0, 0.1) is 0 Å². The van der Waals surface area contributed by atoms with Crippen molar-refractivity contribution < 1.29 is 4.79 Å². The number of aryl methyl sites for hydroxylation is 1. The average Bonchev–Trinajstić information content (AvgIpc) is 2.67. The van der Waals surface area contributed by atoms with Crippen LogP contribution < -0.4 is 10.6 Å². The van der Waals surface area contributed by atoms with Gasteiger partial charge in [0.1, 0.15) is 0 Å². The van der Waals surface area contributed by atoms with Gasteiger partial charge >= 0.3 is 0 Å². The highest BCUT2D eigenvalue weighted by atomic mass is 16.2. The molecule has 1 saturated heterocycles. The van der Waals surface area contributed by atoms with Crippen LogP contribution in [-0.4, -0.2) is 68.0 Å². The third-order valence-corrected chi connectivity index (χ3v) is 5.04. The number of nitrogens with zero attached hydrogens (tertiary/aromatic N) is 3. The molecule has 2 N–H and O–H groups in total. The van der Waals surface area contributed by atoms with E-state index in [4.69, 9.17) is 4.99 Å². The van der Waals surface area contributed by atoms with Crippen molar-refractivity contribution in [1.29, 1.82) is 0 Å². The molecule has 0 radical (unpaired) electrons. The van der Waals surface area contributed by atoms with Gasteiger partial charge in [0.25, 0.3) is 0 Å². The largest absolute Gasteiger partial charge is 0.357 e. The Balaban J connectivity index is 1.88. The smallest absolute Gasteiger partial charge is 0.236 e. The maximum absolute atomic E-state index is 11.9. The van der Waals surface area contributed by atoms with E-state index in [-0.39, 0.29) is 5.91 Å². The van der Waals surface area contributed by atoms with E-state index in [1.807, 2.05) is 14.1 Å². The molecule has 0 unspecified atom stereocenters. The second-order valence-corrected chi connectivity index (χ2v) is 7.30. The van der Waals surface area contributed by atoms with Gasteiger partial charge in [-0.15, -0.1) is 0 Å². The van der Waals surface area contributed by atoms with Gasteiger partial charge in [-0.25, -0.2) is 4.99 Å². The standard InChI is InChI=1S/C21H35N5O/c1-5-17-9-7-8-10-18(17)15-23-21(22-6-2)24-19-11-13-26(14-12-19)16-20(27)25(3)4/h7-10,19H,5-6,11-16H2,1-4H3,(H2,22,23,24). The van der Waals surface area contributed by atoms with Gasteiger partial charge in [0, 0.05) is 39.8 Å². The Bertz CT molecular complexity index is 621. The number of carbonyl (C=O) groups excluding carboxylic acids is 1. The van der Waals surface area contributed by atoms with Crippen LogP contribution >= 0.6 is 0 Å². The molecule has 1 aromatic carbocycles. The van der Waals surface area contributed by atoms with Crippen LogP contribution in [0.1, 0.15) is 37.8 Å². The molecule has 1 aliphatic heterocycles. The zero-order valence-electron chi connectivity index (χ0n) is 17.3. The van der Waals surface area contributed by atoms with E-state index in [1.165, 1.54) is 11.1 Å². The lowest BCUT2D eigenvalue weighted by atomic mass is 10.1. The van der Waals surface area contributed by atoms with Crippen molar-refractivity contribution in [2.45, 2.75) is 45.7 Å². The first-order valence-electron chi connectivity index (χ1n) is 10.1. The van der Waals surface area contributed by atoms with Gasteiger partial charge in [-0.3, -0.25) is 9.69 Å². The third-order valence-electron chi connectivity index (χ3n) is 5.04. The van der Waals surface area contributed by atoms with Crippen molar-refractivity contribution in [3.63, 3.8) is 0 Å². The summed E-state index contributed by atoms with van der Waals surface area (Å²) < 4.78 is 0. The Hall–Kier alpha value is -2.08. The van der Waals surface area contributed by atoms with Crippen LogP contribution in [0.15, 0.2) is 29.3 Å². The molecule has 2 rings (SSSR count). The monoisotopic (exact) mass is 373 g/mol. The molecule has 6 nitrogen and oxygen atoms in total. The van der Waals surface area contributed by atoms with Gasteiger partial charge in [0.15, 0.2) is 5.96 Å². The summed E-state index contributed by atoms with van der Waals surface area (Å²) in [6, 6.07) is 8.90. The number of guanidine groups is 1. The van der Waals surface area contributed by atoms with E-state index in [1.54, 1.807) is 4.90 Å². The van der Waals surface area contributed by atoms with Crippen molar-refractivity contribution in [2.75, 3.05) is 40.3 Å². The van der Waals surface area contributed by atoms with Crippen molar-refractivity contribution >= 4 is 11.9 Å². The zero-order valence-corrected chi connectivity index (χ0v) is 17.3. The van der Waals surface area contributed by atoms with Gasteiger partial charge in [-0.1, -0.05) is 31.2 Å². The predicted octanol–water partition coefficient (Wildman–Crippen LogP) is 1.86. The van der Waals surface area contributed by atoms with Gasteiger partial charge in [-0.2, -0.15) is 0 Å². The highest BCUT2D eigenvalue weighted by Gasteiger charge is 2.22. The molecular formula is C21H35N5O. The second kappa shape index (κ2) is 10.9. The number of hydrogen-bond acceptors (Lipinski definition) is 3. The lowest BCUT2D eigenvalue weighted by Crippen LogP contribution is -2.50. The Morgan fingerprint density at radius 2 is 1.85 bits per heavy atom. The minimum absolute atomic E-state index is 0.172. The molecule has 150 valence electrons. The maximum Gasteiger partial charge on any atom is 0.236 e. The highest BCUT2D eigenvalue weighted by molar-refractivity contribution is 5.80. The number of likely N-dealkylation sites (tertiary alicyclic amines) is 1. The van der Waals surface area contributed by atoms with Crippen LogP contribution in [0.25, 0.3) is 0 Å². The SMILES string of the molecule is CCNC(=NCc1ccccc1CC)NC1CCN(CC(=O)N(C)C)CC1. The van der Waals surface area contributed by atoms with Crippen LogP contribution in [0.3, 0.4) is 0 Å². The number of amides is 1. The molecule has 1 fully saturated rings. The molecule has 6 heteroatoms. The fraction of sp³-hybridized carbons (Fsp3) is 0.619. The maximum atomic E-state index is 11.9. The molecule has 0 aromatic heterocycles. The predicted molar refractivity (Wildman–Crippen MR) is 112 cm³/mol. The number of aliphatic imine (C=N–C) groups is 1. The molecule has 0 atom stereocenters. The topological polar surface area (TPSA) is 60.0 Å². The average molecular weight is 374 g/mol. The summed E-state index contributed by atoms with van der Waals surface area (Å²) in [6.07, 6.45) is 3.08. The van der Waals surface area contributed by atoms with Crippen molar-refractivity contribution in [3.8, 4) is 0 Å². The summed E-state index contributed by atoms with van der Waals surface area (Å²) in [6.45, 7) is 8.20. The quantitative estimate of drug-likeness (QED) is 0.566. The molecule has 0 spiro atoms. The first-order valence-corrected chi connectivity index (χ1v) is 10.1. The Kier molecular flexibility index (Phi) is 8.58. The summed E-state index contributed by atoms with van der Waals surface area (Å²) in [5.74, 6) is 1.05. The van der Waals surface area contributed by atoms with Crippen molar-refractivity contribution in [3.05, 3.63) is 35.4 Å². The molecule has 0 bridgehead atoms. The highest BCUT2D eigenvalue weighted by Crippen LogP contribution is 2.12. The second-order valence-electron chi connectivity index (χ2n) is 7.30. The number of benzene rings is 1. The van der Waals surface area contributed by atoms with Crippen molar-refractivity contribution in [2.24, 2.45) is 4.99 Å². The molecule has 0 aliphatic carbocycles. The first kappa shape index (κ1) is 21.2. The fourth-order valence-corrected chi connectivity index (χ4v) is 3.30. The Labute approximate surface area is 164 Å². The third kappa shape index (κ3) is 6.86. The van der Waals surface area contributed by atoms with E-state index in [0.717, 1.165) is 44.9 Å². The van der Waals surface area contributed by atoms with Gasteiger partial charge in [-0.05, 0) is 37.3 Å². The summed E-state index contributed by atoms with van der Waals surface area (Å²) in [5.41, 5.74) is 2.64. The van der Waals surface area contributed by atoms with E-state index in [2.05, 4.69) is 53.6 Å². The summed E-state index contributed by atoms with van der Waals surface area (Å²) >= 11 is 0. The molecule has 1 aliphatic rings. The minimum atomic E-state index is 0.172. The van der Waals surface area contributed by atoms with Crippen LogP contribution in [0.2, 0.25) is 0 Å². The van der Waals surface area contributed by atoms with E-state index in [0.29, 0.717) is 19.1 Å². The summed E-state index contributed by atoms with van der Waals surface area (Å²) in [5, 5.41) is 6.94. The number of carbonyl (C=O) groups is 1. The van der Waals surface area contributed by atoms with E-state index >= 15 is 0 Å².